The third-order valence-electron chi connectivity index (χ3n) is 3.68. The molecule has 0 bridgehead atoms. The lowest BCUT2D eigenvalue weighted by Crippen LogP contribution is -2.41. The number of hydrogen-bond acceptors (Lipinski definition) is 5. The van der Waals surface area contributed by atoms with Crippen LogP contribution in [0.25, 0.3) is 0 Å². The number of carbonyl (C=O) groups is 2. The van der Waals surface area contributed by atoms with Gasteiger partial charge >= 0.3 is 11.9 Å². The number of allylic oxidation sites excluding steroid dienone is 2. The van der Waals surface area contributed by atoms with Crippen LogP contribution in [0.15, 0.2) is 24.0 Å². The predicted molar refractivity (Wildman–Crippen MR) is 88.8 cm³/mol. The topological polar surface area (TPSA) is 61.8 Å². The van der Waals surface area contributed by atoms with Crippen LogP contribution in [0.5, 0.6) is 0 Å². The molecule has 0 aliphatic carbocycles. The lowest BCUT2D eigenvalue weighted by atomic mass is 10.2. The summed E-state index contributed by atoms with van der Waals surface area (Å²) >= 11 is 0. The van der Waals surface area contributed by atoms with E-state index in [0.29, 0.717) is 12.8 Å². The quantitative estimate of drug-likeness (QED) is 0.235. The number of ether oxygens (including phenoxy) is 2. The first kappa shape index (κ1) is 20.4. The molecule has 0 saturated heterocycles. The Hall–Kier alpha value is -1.56. The van der Waals surface area contributed by atoms with Gasteiger partial charge in [-0.3, -0.25) is 0 Å². The number of methoxy groups -OCH3 is 2. The van der Waals surface area contributed by atoms with Crippen LogP contribution in [0.1, 0.15) is 33.6 Å². The standard InChI is InChI=1S/C16H28O5Si/c1-16(2,3)22(6,7)21-13(15(18)20-5)11-9-8-10-12-14(17)19-4/h10-12H,8-9H2,1-7H3/b12-10+,13-11+. The minimum Gasteiger partial charge on any atom is -0.539 e. The smallest absolute Gasteiger partial charge is 0.371 e. The Morgan fingerprint density at radius 2 is 1.64 bits per heavy atom. The van der Waals surface area contributed by atoms with Crippen molar-refractivity contribution in [1.82, 2.24) is 0 Å². The maximum atomic E-state index is 11.8. The second-order valence-corrected chi connectivity index (χ2v) is 11.1. The molecule has 0 aromatic carbocycles. The first-order valence-corrected chi connectivity index (χ1v) is 10.2. The van der Waals surface area contributed by atoms with Crippen LogP contribution in [0.3, 0.4) is 0 Å². The fraction of sp³-hybridized carbons (Fsp3) is 0.625. The summed E-state index contributed by atoms with van der Waals surface area (Å²) in [5.74, 6) is -0.614. The first-order chi connectivity index (χ1) is 10.0. The van der Waals surface area contributed by atoms with Crippen molar-refractivity contribution in [3.05, 3.63) is 24.0 Å². The van der Waals surface area contributed by atoms with Gasteiger partial charge in [0, 0.05) is 6.08 Å². The van der Waals surface area contributed by atoms with E-state index in [9.17, 15) is 9.59 Å². The first-order valence-electron chi connectivity index (χ1n) is 7.27. The van der Waals surface area contributed by atoms with E-state index >= 15 is 0 Å². The number of esters is 2. The van der Waals surface area contributed by atoms with Gasteiger partial charge in [-0.25, -0.2) is 9.59 Å². The highest BCUT2D eigenvalue weighted by Crippen LogP contribution is 2.38. The van der Waals surface area contributed by atoms with E-state index in [1.54, 1.807) is 12.2 Å². The number of unbranched alkanes of at least 4 members (excludes halogenated alkanes) is 1. The lowest BCUT2D eigenvalue weighted by Gasteiger charge is -2.36. The molecule has 0 fully saturated rings. The van der Waals surface area contributed by atoms with E-state index in [1.165, 1.54) is 20.3 Å². The van der Waals surface area contributed by atoms with E-state index in [0.717, 1.165) is 0 Å². The van der Waals surface area contributed by atoms with Crippen molar-refractivity contribution in [2.45, 2.75) is 51.7 Å². The molecular formula is C16H28O5Si. The molecule has 0 N–H and O–H groups in total. The predicted octanol–water partition coefficient (Wildman–Crippen LogP) is 3.57. The molecular weight excluding hydrogens is 300 g/mol. The molecule has 0 aromatic heterocycles. The van der Waals surface area contributed by atoms with Crippen LogP contribution in [0.4, 0.5) is 0 Å². The molecule has 0 spiro atoms. The van der Waals surface area contributed by atoms with Gasteiger partial charge in [-0.1, -0.05) is 26.8 Å². The SMILES string of the molecule is COC(=O)/C=C/CC/C=C(/O[Si](C)(C)C(C)(C)C)C(=O)OC. The molecule has 0 saturated carbocycles. The largest absolute Gasteiger partial charge is 0.539 e. The van der Waals surface area contributed by atoms with Gasteiger partial charge in [-0.05, 0) is 37.0 Å². The van der Waals surface area contributed by atoms with Gasteiger partial charge < -0.3 is 13.9 Å². The van der Waals surface area contributed by atoms with Crippen molar-refractivity contribution >= 4 is 20.3 Å². The zero-order valence-electron chi connectivity index (χ0n) is 14.7. The normalized spacial score (nSPS) is 13.1. The summed E-state index contributed by atoms with van der Waals surface area (Å²) < 4.78 is 15.3. The van der Waals surface area contributed by atoms with Crippen molar-refractivity contribution in [3.63, 3.8) is 0 Å². The number of carbonyl (C=O) groups excluding carboxylic acids is 2. The lowest BCUT2D eigenvalue weighted by molar-refractivity contribution is -0.139. The summed E-state index contributed by atoms with van der Waals surface area (Å²) in [5, 5.41) is -0.00903. The van der Waals surface area contributed by atoms with Gasteiger partial charge in [0.2, 0.25) is 0 Å². The Labute approximate surface area is 134 Å². The average molecular weight is 328 g/mol. The van der Waals surface area contributed by atoms with Crippen LogP contribution in [-0.2, 0) is 23.5 Å². The maximum Gasteiger partial charge on any atom is 0.371 e. The van der Waals surface area contributed by atoms with Crippen molar-refractivity contribution < 1.29 is 23.5 Å². The van der Waals surface area contributed by atoms with Crippen LogP contribution in [0.2, 0.25) is 18.1 Å². The molecule has 0 rings (SSSR count). The second kappa shape index (κ2) is 8.78. The van der Waals surface area contributed by atoms with E-state index in [1.807, 2.05) is 0 Å². The van der Waals surface area contributed by atoms with E-state index in [-0.39, 0.29) is 10.8 Å². The molecule has 0 amide bonds. The number of hydrogen-bond donors (Lipinski definition) is 0. The molecule has 0 radical (unpaired) electrons. The monoisotopic (exact) mass is 328 g/mol. The molecule has 6 heteroatoms. The summed E-state index contributed by atoms with van der Waals surface area (Å²) in [6.45, 7) is 10.5. The minimum absolute atomic E-state index is 0.00903. The summed E-state index contributed by atoms with van der Waals surface area (Å²) in [6, 6.07) is 0. The van der Waals surface area contributed by atoms with Gasteiger partial charge in [0.25, 0.3) is 8.32 Å². The summed E-state index contributed by atoms with van der Waals surface area (Å²) in [4.78, 5) is 22.8. The summed E-state index contributed by atoms with van der Waals surface area (Å²) in [5.41, 5.74) is 0. The third kappa shape index (κ3) is 6.93. The number of rotatable bonds is 7. The van der Waals surface area contributed by atoms with Gasteiger partial charge in [0.05, 0.1) is 14.2 Å². The van der Waals surface area contributed by atoms with E-state index in [2.05, 4.69) is 38.6 Å². The molecule has 0 aromatic rings. The van der Waals surface area contributed by atoms with Crippen molar-refractivity contribution in [3.8, 4) is 0 Å². The van der Waals surface area contributed by atoms with Gasteiger partial charge in [0.15, 0.2) is 5.76 Å². The van der Waals surface area contributed by atoms with E-state index < -0.39 is 20.3 Å². The minimum atomic E-state index is -2.10. The highest BCUT2D eigenvalue weighted by atomic mass is 28.4. The van der Waals surface area contributed by atoms with E-state index in [4.69, 9.17) is 9.16 Å². The fourth-order valence-electron chi connectivity index (χ4n) is 1.25. The zero-order valence-corrected chi connectivity index (χ0v) is 15.7. The van der Waals surface area contributed by atoms with Gasteiger partial charge in [-0.15, -0.1) is 0 Å². The molecule has 0 atom stereocenters. The summed E-state index contributed by atoms with van der Waals surface area (Å²) in [6.07, 6.45) is 5.96. The summed E-state index contributed by atoms with van der Waals surface area (Å²) in [7, 11) is 0.564. The molecule has 0 heterocycles. The zero-order chi connectivity index (χ0) is 17.4. The molecule has 0 unspecified atom stereocenters. The highest BCUT2D eigenvalue weighted by Gasteiger charge is 2.40. The van der Waals surface area contributed by atoms with Crippen LogP contribution in [0, 0.1) is 0 Å². The Balaban J connectivity index is 4.86. The molecule has 0 aliphatic rings. The van der Waals surface area contributed by atoms with Gasteiger partial charge in [-0.2, -0.15) is 0 Å². The maximum absolute atomic E-state index is 11.8. The Morgan fingerprint density at radius 3 is 2.09 bits per heavy atom. The third-order valence-corrected chi connectivity index (χ3v) is 8.02. The van der Waals surface area contributed by atoms with Crippen molar-refractivity contribution in [2.24, 2.45) is 0 Å². The van der Waals surface area contributed by atoms with Crippen LogP contribution in [-0.4, -0.2) is 34.5 Å². The van der Waals surface area contributed by atoms with Gasteiger partial charge in [0.1, 0.15) is 0 Å². The van der Waals surface area contributed by atoms with Crippen LogP contribution >= 0.6 is 0 Å². The van der Waals surface area contributed by atoms with Crippen molar-refractivity contribution in [2.75, 3.05) is 14.2 Å². The Morgan fingerprint density at radius 1 is 1.05 bits per heavy atom. The molecule has 0 aliphatic heterocycles. The second-order valence-electron chi connectivity index (χ2n) is 6.43. The highest BCUT2D eigenvalue weighted by molar-refractivity contribution is 6.74. The average Bonchev–Trinajstić information content (AvgIpc) is 2.43. The molecule has 22 heavy (non-hydrogen) atoms. The molecule has 126 valence electrons. The fourth-order valence-corrected chi connectivity index (χ4v) is 2.28. The Bertz CT molecular complexity index is 444. The van der Waals surface area contributed by atoms with Crippen LogP contribution < -0.4 is 0 Å². The Kier molecular flexibility index (Phi) is 8.15. The molecule has 5 nitrogen and oxygen atoms in total. The van der Waals surface area contributed by atoms with Crippen molar-refractivity contribution in [1.29, 1.82) is 0 Å².